The molecule has 1 aliphatic rings. The molecule has 0 spiro atoms. The van der Waals surface area contributed by atoms with Crippen molar-refractivity contribution < 1.29 is 0 Å². The molecule has 246 valence electrons. The molecule has 0 N–H and O–H groups in total. The van der Waals surface area contributed by atoms with Crippen molar-refractivity contribution in [2.45, 2.75) is 19.3 Å². The predicted molar refractivity (Wildman–Crippen MR) is 213 cm³/mol. The lowest BCUT2D eigenvalue weighted by atomic mass is 9.82. The molecule has 0 fully saturated rings. The fourth-order valence-corrected chi connectivity index (χ4v) is 8.05. The van der Waals surface area contributed by atoms with Crippen LogP contribution in [0.3, 0.4) is 0 Å². The van der Waals surface area contributed by atoms with Gasteiger partial charge >= 0.3 is 0 Å². The Bertz CT molecular complexity index is 2770. The molecule has 3 heterocycles. The number of fused-ring (bicyclic) bond motifs is 6. The molecule has 0 amide bonds. The van der Waals surface area contributed by atoms with E-state index >= 15 is 0 Å². The van der Waals surface area contributed by atoms with E-state index in [1.807, 2.05) is 24.3 Å². The van der Waals surface area contributed by atoms with Crippen LogP contribution >= 0.6 is 0 Å². The highest BCUT2D eigenvalue weighted by atomic mass is 15.0. The molecule has 4 nitrogen and oxygen atoms in total. The van der Waals surface area contributed by atoms with Gasteiger partial charge in [0.25, 0.3) is 0 Å². The standard InChI is InChI=1S/C48H34N4/c1-48(2)39-21-9-6-18-35(39)36-27-26-33(29-40(36)48)43-30-44(51-47(50-43)31-14-4-3-5-15-31)42-23-13-22-41(49-42)32-16-12-17-34(28-32)52-45-24-10-7-19-37(45)38-20-8-11-25-46(38)52/h3-30H,1-2H3. The highest BCUT2D eigenvalue weighted by Crippen LogP contribution is 2.49. The Morgan fingerprint density at radius 2 is 1.02 bits per heavy atom. The van der Waals surface area contributed by atoms with Gasteiger partial charge in [0, 0.05) is 38.6 Å². The van der Waals surface area contributed by atoms with Crippen molar-refractivity contribution in [3.63, 3.8) is 0 Å². The normalized spacial score (nSPS) is 13.0. The van der Waals surface area contributed by atoms with Gasteiger partial charge in [0.2, 0.25) is 0 Å². The average Bonchev–Trinajstić information content (AvgIpc) is 3.66. The largest absolute Gasteiger partial charge is 0.309 e. The molecule has 0 bridgehead atoms. The third-order valence-electron chi connectivity index (χ3n) is 10.6. The molecule has 0 saturated carbocycles. The summed E-state index contributed by atoms with van der Waals surface area (Å²) in [5.41, 5.74) is 15.1. The number of nitrogens with zero attached hydrogens (tertiary/aromatic N) is 4. The van der Waals surface area contributed by atoms with Crippen molar-refractivity contribution in [1.82, 2.24) is 19.5 Å². The van der Waals surface area contributed by atoms with Crippen LogP contribution in [0.4, 0.5) is 0 Å². The lowest BCUT2D eigenvalue weighted by molar-refractivity contribution is 0.660. The Hall–Kier alpha value is -6.65. The molecule has 10 rings (SSSR count). The van der Waals surface area contributed by atoms with Gasteiger partial charge in [0.15, 0.2) is 5.82 Å². The third-order valence-corrected chi connectivity index (χ3v) is 10.6. The SMILES string of the molecule is CC1(C)c2ccccc2-c2ccc(-c3cc(-c4cccc(-c5cccc(-n6c7ccccc7c7ccccc76)c5)n4)nc(-c4ccccc4)n3)cc21. The highest BCUT2D eigenvalue weighted by molar-refractivity contribution is 6.09. The van der Waals surface area contributed by atoms with Crippen molar-refractivity contribution in [2.24, 2.45) is 0 Å². The van der Waals surface area contributed by atoms with E-state index in [1.54, 1.807) is 0 Å². The molecule has 1 aliphatic carbocycles. The van der Waals surface area contributed by atoms with Gasteiger partial charge in [-0.1, -0.05) is 135 Å². The first-order valence-electron chi connectivity index (χ1n) is 17.8. The van der Waals surface area contributed by atoms with Gasteiger partial charge in [-0.05, 0) is 70.8 Å². The van der Waals surface area contributed by atoms with Gasteiger partial charge in [-0.15, -0.1) is 0 Å². The second-order valence-corrected chi connectivity index (χ2v) is 14.1. The number of aromatic nitrogens is 4. The summed E-state index contributed by atoms with van der Waals surface area (Å²) in [5.74, 6) is 0.678. The van der Waals surface area contributed by atoms with Crippen molar-refractivity contribution in [3.8, 4) is 62.1 Å². The summed E-state index contributed by atoms with van der Waals surface area (Å²) in [7, 11) is 0. The highest BCUT2D eigenvalue weighted by Gasteiger charge is 2.35. The molecule has 0 atom stereocenters. The van der Waals surface area contributed by atoms with E-state index in [-0.39, 0.29) is 5.41 Å². The van der Waals surface area contributed by atoms with Gasteiger partial charge in [-0.3, -0.25) is 0 Å². The lowest BCUT2D eigenvalue weighted by Crippen LogP contribution is -2.14. The molecule has 52 heavy (non-hydrogen) atoms. The van der Waals surface area contributed by atoms with Crippen LogP contribution in [0.1, 0.15) is 25.0 Å². The number of hydrogen-bond acceptors (Lipinski definition) is 3. The summed E-state index contributed by atoms with van der Waals surface area (Å²) in [6, 6.07) is 59.9. The number of hydrogen-bond donors (Lipinski definition) is 0. The van der Waals surface area contributed by atoms with E-state index < -0.39 is 0 Å². The van der Waals surface area contributed by atoms with Crippen LogP contribution in [-0.2, 0) is 5.41 Å². The van der Waals surface area contributed by atoms with E-state index in [1.165, 1.54) is 44.1 Å². The molecule has 0 aliphatic heterocycles. The number of benzene rings is 6. The van der Waals surface area contributed by atoms with Crippen LogP contribution in [0.2, 0.25) is 0 Å². The quantitative estimate of drug-likeness (QED) is 0.184. The van der Waals surface area contributed by atoms with Crippen LogP contribution in [0.15, 0.2) is 170 Å². The second kappa shape index (κ2) is 11.7. The summed E-state index contributed by atoms with van der Waals surface area (Å²) in [5, 5.41) is 2.49. The fraction of sp³-hybridized carbons (Fsp3) is 0.0625. The van der Waals surface area contributed by atoms with Crippen LogP contribution in [0, 0.1) is 0 Å². The number of pyridine rings is 1. The zero-order chi connectivity index (χ0) is 34.8. The summed E-state index contributed by atoms with van der Waals surface area (Å²) < 4.78 is 2.34. The Kier molecular flexibility index (Phi) is 6.80. The zero-order valence-electron chi connectivity index (χ0n) is 29.0. The Morgan fingerprint density at radius 1 is 0.404 bits per heavy atom. The minimum Gasteiger partial charge on any atom is -0.309 e. The Balaban J connectivity index is 1.09. The van der Waals surface area contributed by atoms with Gasteiger partial charge < -0.3 is 4.57 Å². The third kappa shape index (κ3) is 4.79. The molecular formula is C48H34N4. The maximum Gasteiger partial charge on any atom is 0.160 e. The van der Waals surface area contributed by atoms with Gasteiger partial charge in [0.05, 0.1) is 33.8 Å². The van der Waals surface area contributed by atoms with Crippen LogP contribution < -0.4 is 0 Å². The Morgan fingerprint density at radius 3 is 1.83 bits per heavy atom. The van der Waals surface area contributed by atoms with E-state index in [2.05, 4.69) is 164 Å². The van der Waals surface area contributed by atoms with Crippen molar-refractivity contribution in [3.05, 3.63) is 181 Å². The van der Waals surface area contributed by atoms with Crippen molar-refractivity contribution in [2.75, 3.05) is 0 Å². The summed E-state index contributed by atoms with van der Waals surface area (Å²) in [6.45, 7) is 4.63. The number of rotatable bonds is 5. The first-order chi connectivity index (χ1) is 25.5. The van der Waals surface area contributed by atoms with Crippen molar-refractivity contribution in [1.29, 1.82) is 0 Å². The Labute approximate surface area is 302 Å². The van der Waals surface area contributed by atoms with Crippen LogP contribution in [0.5, 0.6) is 0 Å². The summed E-state index contributed by atoms with van der Waals surface area (Å²) in [4.78, 5) is 15.5. The molecule has 0 unspecified atom stereocenters. The maximum absolute atomic E-state index is 5.24. The lowest BCUT2D eigenvalue weighted by Gasteiger charge is -2.22. The van der Waals surface area contributed by atoms with Crippen molar-refractivity contribution >= 4 is 21.8 Å². The van der Waals surface area contributed by atoms with Crippen LogP contribution in [-0.4, -0.2) is 19.5 Å². The van der Waals surface area contributed by atoms with E-state index in [0.717, 1.165) is 45.2 Å². The first-order valence-corrected chi connectivity index (χ1v) is 17.8. The first kappa shape index (κ1) is 30.2. The fourth-order valence-electron chi connectivity index (χ4n) is 8.05. The zero-order valence-corrected chi connectivity index (χ0v) is 29.0. The molecule has 0 saturated heterocycles. The van der Waals surface area contributed by atoms with Gasteiger partial charge in [-0.2, -0.15) is 0 Å². The molecular weight excluding hydrogens is 633 g/mol. The van der Waals surface area contributed by atoms with Gasteiger partial charge in [-0.25, -0.2) is 15.0 Å². The van der Waals surface area contributed by atoms with Crippen LogP contribution in [0.25, 0.3) is 83.9 Å². The van der Waals surface area contributed by atoms with E-state index in [9.17, 15) is 0 Å². The van der Waals surface area contributed by atoms with E-state index in [0.29, 0.717) is 5.82 Å². The molecule has 0 radical (unpaired) electrons. The minimum atomic E-state index is -0.107. The number of para-hydroxylation sites is 2. The van der Waals surface area contributed by atoms with Gasteiger partial charge in [0.1, 0.15) is 0 Å². The molecule has 4 heteroatoms. The second-order valence-electron chi connectivity index (χ2n) is 14.1. The summed E-state index contributed by atoms with van der Waals surface area (Å²) in [6.07, 6.45) is 0. The molecule has 9 aromatic rings. The molecule has 3 aromatic heterocycles. The minimum absolute atomic E-state index is 0.107. The topological polar surface area (TPSA) is 43.6 Å². The van der Waals surface area contributed by atoms with E-state index in [4.69, 9.17) is 15.0 Å². The predicted octanol–water partition coefficient (Wildman–Crippen LogP) is 11.9. The maximum atomic E-state index is 5.24. The average molecular weight is 667 g/mol. The smallest absolute Gasteiger partial charge is 0.160 e. The monoisotopic (exact) mass is 666 g/mol. The summed E-state index contributed by atoms with van der Waals surface area (Å²) >= 11 is 0. The molecule has 6 aromatic carbocycles.